The number of aryl methyl sites for hydroxylation is 3. The number of nitrogens with zero attached hydrogens (tertiary/aromatic N) is 2. The molecule has 17 heavy (non-hydrogen) atoms. The van der Waals surface area contributed by atoms with Crippen molar-refractivity contribution in [3.63, 3.8) is 0 Å². The highest BCUT2D eigenvalue weighted by atomic mass is 35.5. The van der Waals surface area contributed by atoms with Crippen molar-refractivity contribution in [3.05, 3.63) is 45.9 Å². The van der Waals surface area contributed by atoms with Crippen LogP contribution in [0.5, 0.6) is 0 Å². The summed E-state index contributed by atoms with van der Waals surface area (Å²) in [5.41, 5.74) is 5.45. The molecule has 0 aliphatic heterocycles. The molecule has 0 bridgehead atoms. The van der Waals surface area contributed by atoms with Gasteiger partial charge in [-0.3, -0.25) is 0 Å². The van der Waals surface area contributed by atoms with Gasteiger partial charge in [-0.25, -0.2) is 9.97 Å². The Bertz CT molecular complexity index is 577. The zero-order valence-corrected chi connectivity index (χ0v) is 11.3. The van der Waals surface area contributed by atoms with E-state index in [1.54, 1.807) is 0 Å². The van der Waals surface area contributed by atoms with Crippen LogP contribution in [-0.4, -0.2) is 9.97 Å². The summed E-state index contributed by atoms with van der Waals surface area (Å²) in [6.07, 6.45) is 0. The first kappa shape index (κ1) is 12.1. The molecule has 0 N–H and O–H groups in total. The fourth-order valence-corrected chi connectivity index (χ4v) is 2.15. The number of benzene rings is 1. The lowest BCUT2D eigenvalue weighted by Crippen LogP contribution is -1.98. The molecule has 0 spiro atoms. The molecule has 1 aromatic heterocycles. The van der Waals surface area contributed by atoms with Crippen LogP contribution in [0.25, 0.3) is 11.3 Å². The monoisotopic (exact) mass is 246 g/mol. The van der Waals surface area contributed by atoms with Crippen molar-refractivity contribution in [1.82, 2.24) is 9.97 Å². The highest BCUT2D eigenvalue weighted by molar-refractivity contribution is 6.30. The van der Waals surface area contributed by atoms with Crippen LogP contribution in [0.3, 0.4) is 0 Å². The molecule has 0 fully saturated rings. The lowest BCUT2D eigenvalue weighted by molar-refractivity contribution is 1.04. The average Bonchev–Trinajstić information content (AvgIpc) is 2.24. The van der Waals surface area contributed by atoms with E-state index in [-0.39, 0.29) is 0 Å². The minimum atomic E-state index is 0.535. The fourth-order valence-electron chi connectivity index (χ4n) is 1.94. The molecule has 1 aromatic carbocycles. The Labute approximate surface area is 107 Å². The van der Waals surface area contributed by atoms with Gasteiger partial charge in [0, 0.05) is 11.1 Å². The van der Waals surface area contributed by atoms with E-state index in [1.165, 1.54) is 11.1 Å². The second kappa shape index (κ2) is 4.46. The predicted octanol–water partition coefficient (Wildman–Crippen LogP) is 4.03. The Morgan fingerprint density at radius 3 is 2.35 bits per heavy atom. The summed E-state index contributed by atoms with van der Waals surface area (Å²) in [5, 5.41) is 0.535. The van der Waals surface area contributed by atoms with E-state index < -0.39 is 0 Å². The number of aromatic nitrogens is 2. The van der Waals surface area contributed by atoms with E-state index >= 15 is 0 Å². The SMILES string of the molecule is Cc1ccc(-c2nc(C)nc(Cl)c2C)c(C)c1. The second-order valence-corrected chi connectivity index (χ2v) is 4.71. The number of hydrogen-bond donors (Lipinski definition) is 0. The van der Waals surface area contributed by atoms with Crippen LogP contribution in [0.4, 0.5) is 0 Å². The van der Waals surface area contributed by atoms with Crippen LogP contribution in [0.1, 0.15) is 22.5 Å². The predicted molar refractivity (Wildman–Crippen MR) is 71.4 cm³/mol. The fraction of sp³-hybridized carbons (Fsp3) is 0.286. The van der Waals surface area contributed by atoms with Crippen molar-refractivity contribution >= 4 is 11.6 Å². The van der Waals surface area contributed by atoms with Crippen LogP contribution in [0, 0.1) is 27.7 Å². The first-order valence-electron chi connectivity index (χ1n) is 5.57. The third-order valence-electron chi connectivity index (χ3n) is 2.84. The van der Waals surface area contributed by atoms with Gasteiger partial charge in [0.05, 0.1) is 5.69 Å². The van der Waals surface area contributed by atoms with Crippen LogP contribution in [0.2, 0.25) is 5.15 Å². The van der Waals surface area contributed by atoms with Gasteiger partial charge in [-0.1, -0.05) is 35.4 Å². The van der Waals surface area contributed by atoms with Crippen LogP contribution in [0.15, 0.2) is 18.2 Å². The largest absolute Gasteiger partial charge is 0.233 e. The highest BCUT2D eigenvalue weighted by Crippen LogP contribution is 2.28. The van der Waals surface area contributed by atoms with Gasteiger partial charge >= 0.3 is 0 Å². The molecule has 0 saturated heterocycles. The molecule has 2 aromatic rings. The lowest BCUT2D eigenvalue weighted by Gasteiger charge is -2.10. The Morgan fingerprint density at radius 1 is 1.00 bits per heavy atom. The smallest absolute Gasteiger partial charge is 0.136 e. The van der Waals surface area contributed by atoms with Crippen molar-refractivity contribution in [3.8, 4) is 11.3 Å². The normalized spacial score (nSPS) is 10.6. The molecular weight excluding hydrogens is 232 g/mol. The van der Waals surface area contributed by atoms with E-state index in [0.29, 0.717) is 11.0 Å². The summed E-state index contributed by atoms with van der Waals surface area (Å²) in [5.74, 6) is 0.704. The van der Waals surface area contributed by atoms with Crippen molar-refractivity contribution in [2.75, 3.05) is 0 Å². The first-order chi connectivity index (χ1) is 7.99. The second-order valence-electron chi connectivity index (χ2n) is 4.35. The number of hydrogen-bond acceptors (Lipinski definition) is 2. The molecule has 1 heterocycles. The molecule has 2 nitrogen and oxygen atoms in total. The van der Waals surface area contributed by atoms with Gasteiger partial charge in [0.1, 0.15) is 11.0 Å². The Kier molecular flexibility index (Phi) is 3.16. The molecule has 0 amide bonds. The average molecular weight is 247 g/mol. The minimum absolute atomic E-state index is 0.535. The molecule has 2 rings (SSSR count). The standard InChI is InChI=1S/C14H15ClN2/c1-8-5-6-12(9(2)7-8)13-10(3)14(15)17-11(4)16-13/h5-7H,1-4H3. The molecule has 0 unspecified atom stereocenters. The van der Waals surface area contributed by atoms with Crippen molar-refractivity contribution in [1.29, 1.82) is 0 Å². The van der Waals surface area contributed by atoms with E-state index in [1.807, 2.05) is 13.8 Å². The van der Waals surface area contributed by atoms with Crippen molar-refractivity contribution < 1.29 is 0 Å². The van der Waals surface area contributed by atoms with E-state index in [9.17, 15) is 0 Å². The number of rotatable bonds is 1. The van der Waals surface area contributed by atoms with Crippen molar-refractivity contribution in [2.24, 2.45) is 0 Å². The van der Waals surface area contributed by atoms with Gasteiger partial charge in [0.25, 0.3) is 0 Å². The van der Waals surface area contributed by atoms with Gasteiger partial charge in [-0.05, 0) is 33.3 Å². The summed E-state index contributed by atoms with van der Waals surface area (Å²) in [6, 6.07) is 6.34. The van der Waals surface area contributed by atoms with E-state index in [0.717, 1.165) is 16.8 Å². The molecule has 0 atom stereocenters. The van der Waals surface area contributed by atoms with Gasteiger partial charge in [0.15, 0.2) is 0 Å². The zero-order valence-electron chi connectivity index (χ0n) is 10.5. The van der Waals surface area contributed by atoms with Gasteiger partial charge in [0.2, 0.25) is 0 Å². The third kappa shape index (κ3) is 2.32. The Hall–Kier alpha value is -1.41. The maximum absolute atomic E-state index is 6.10. The number of halogens is 1. The third-order valence-corrected chi connectivity index (χ3v) is 3.20. The molecule has 0 radical (unpaired) electrons. The molecule has 0 saturated carbocycles. The summed E-state index contributed by atoms with van der Waals surface area (Å²) in [6.45, 7) is 7.99. The van der Waals surface area contributed by atoms with Gasteiger partial charge in [-0.15, -0.1) is 0 Å². The van der Waals surface area contributed by atoms with Crippen LogP contribution >= 0.6 is 11.6 Å². The maximum Gasteiger partial charge on any atom is 0.136 e. The molecular formula is C14H15ClN2. The minimum Gasteiger partial charge on any atom is -0.233 e. The Balaban J connectivity index is 2.68. The van der Waals surface area contributed by atoms with Crippen molar-refractivity contribution in [2.45, 2.75) is 27.7 Å². The summed E-state index contributed by atoms with van der Waals surface area (Å²) in [7, 11) is 0. The summed E-state index contributed by atoms with van der Waals surface area (Å²) >= 11 is 6.10. The molecule has 88 valence electrons. The summed E-state index contributed by atoms with van der Waals surface area (Å²) < 4.78 is 0. The Morgan fingerprint density at radius 2 is 1.71 bits per heavy atom. The van der Waals surface area contributed by atoms with E-state index in [2.05, 4.69) is 42.0 Å². The summed E-state index contributed by atoms with van der Waals surface area (Å²) in [4.78, 5) is 8.66. The molecule has 0 aliphatic carbocycles. The molecule has 3 heteroatoms. The lowest BCUT2D eigenvalue weighted by atomic mass is 10.0. The van der Waals surface area contributed by atoms with Crippen LogP contribution in [-0.2, 0) is 0 Å². The topological polar surface area (TPSA) is 25.8 Å². The quantitative estimate of drug-likeness (QED) is 0.710. The molecule has 0 aliphatic rings. The zero-order chi connectivity index (χ0) is 12.6. The van der Waals surface area contributed by atoms with E-state index in [4.69, 9.17) is 11.6 Å². The van der Waals surface area contributed by atoms with Gasteiger partial charge < -0.3 is 0 Å². The highest BCUT2D eigenvalue weighted by Gasteiger charge is 2.11. The first-order valence-corrected chi connectivity index (χ1v) is 5.95. The van der Waals surface area contributed by atoms with Crippen LogP contribution < -0.4 is 0 Å². The van der Waals surface area contributed by atoms with Gasteiger partial charge in [-0.2, -0.15) is 0 Å². The maximum atomic E-state index is 6.10.